The maximum absolute atomic E-state index is 5.73. The zero-order valence-electron chi connectivity index (χ0n) is 12.4. The fourth-order valence-corrected chi connectivity index (χ4v) is 2.34. The summed E-state index contributed by atoms with van der Waals surface area (Å²) in [6.07, 6.45) is 2.87. The van der Waals surface area contributed by atoms with E-state index >= 15 is 0 Å². The van der Waals surface area contributed by atoms with Crippen LogP contribution in [0.25, 0.3) is 0 Å². The van der Waals surface area contributed by atoms with Crippen LogP contribution in [0.3, 0.4) is 0 Å². The van der Waals surface area contributed by atoms with E-state index in [1.54, 1.807) is 6.26 Å². The molecule has 0 spiro atoms. The number of nitrogens with zero attached hydrogens (tertiary/aromatic N) is 1. The van der Waals surface area contributed by atoms with E-state index in [1.165, 1.54) is 5.56 Å². The molecule has 3 nitrogen and oxygen atoms in total. The van der Waals surface area contributed by atoms with E-state index in [1.807, 2.05) is 24.3 Å². The third-order valence-corrected chi connectivity index (χ3v) is 3.79. The second-order valence-electron chi connectivity index (χ2n) is 5.30. The summed E-state index contributed by atoms with van der Waals surface area (Å²) in [4.78, 5) is 2.41. The highest BCUT2D eigenvalue weighted by atomic mass is 16.3. The van der Waals surface area contributed by atoms with Crippen molar-refractivity contribution in [1.29, 1.82) is 0 Å². The number of nitrogen functional groups attached to an aromatic ring is 1. The number of rotatable bonds is 7. The van der Waals surface area contributed by atoms with Gasteiger partial charge in [-0.05, 0) is 55.3 Å². The molecule has 0 saturated heterocycles. The third kappa shape index (κ3) is 4.14. The van der Waals surface area contributed by atoms with Crippen molar-refractivity contribution in [3.8, 4) is 0 Å². The van der Waals surface area contributed by atoms with Gasteiger partial charge in [0.2, 0.25) is 0 Å². The Balaban J connectivity index is 1.84. The first-order valence-corrected chi connectivity index (χ1v) is 7.29. The second-order valence-corrected chi connectivity index (χ2v) is 5.30. The first-order valence-electron chi connectivity index (χ1n) is 7.29. The van der Waals surface area contributed by atoms with Gasteiger partial charge in [0.1, 0.15) is 5.76 Å². The Hall–Kier alpha value is -1.74. The molecule has 3 heteroatoms. The quantitative estimate of drug-likeness (QED) is 0.778. The standard InChI is InChI=1S/C17H24N2O/c1-3-19(13-17-5-4-12-20-17)11-10-14(2)15-6-8-16(18)9-7-15/h4-9,12,14H,3,10-11,13,18H2,1-2H3. The third-order valence-electron chi connectivity index (χ3n) is 3.79. The van der Waals surface area contributed by atoms with E-state index in [0.29, 0.717) is 5.92 Å². The van der Waals surface area contributed by atoms with E-state index in [-0.39, 0.29) is 0 Å². The lowest BCUT2D eigenvalue weighted by Crippen LogP contribution is -2.24. The van der Waals surface area contributed by atoms with Crippen molar-refractivity contribution in [3.63, 3.8) is 0 Å². The SMILES string of the molecule is CCN(CCC(C)c1ccc(N)cc1)Cc1ccco1. The monoisotopic (exact) mass is 272 g/mol. The largest absolute Gasteiger partial charge is 0.468 e. The van der Waals surface area contributed by atoms with Gasteiger partial charge in [0.05, 0.1) is 12.8 Å². The molecule has 0 aliphatic rings. The van der Waals surface area contributed by atoms with E-state index in [9.17, 15) is 0 Å². The summed E-state index contributed by atoms with van der Waals surface area (Å²) in [5.74, 6) is 1.58. The van der Waals surface area contributed by atoms with Gasteiger partial charge in [0.15, 0.2) is 0 Å². The minimum Gasteiger partial charge on any atom is -0.468 e. The molecular weight excluding hydrogens is 248 g/mol. The van der Waals surface area contributed by atoms with E-state index in [4.69, 9.17) is 10.2 Å². The first-order chi connectivity index (χ1) is 9.69. The van der Waals surface area contributed by atoms with Crippen LogP contribution in [-0.4, -0.2) is 18.0 Å². The fraction of sp³-hybridized carbons (Fsp3) is 0.412. The van der Waals surface area contributed by atoms with Gasteiger partial charge in [-0.2, -0.15) is 0 Å². The Morgan fingerprint density at radius 3 is 2.55 bits per heavy atom. The number of benzene rings is 1. The molecule has 2 aromatic rings. The highest BCUT2D eigenvalue weighted by Crippen LogP contribution is 2.20. The average molecular weight is 272 g/mol. The Bertz CT molecular complexity index is 490. The Morgan fingerprint density at radius 1 is 1.20 bits per heavy atom. The Labute approximate surface area is 121 Å². The normalized spacial score (nSPS) is 12.8. The van der Waals surface area contributed by atoms with E-state index in [2.05, 4.69) is 30.9 Å². The van der Waals surface area contributed by atoms with Crippen molar-refractivity contribution in [3.05, 3.63) is 54.0 Å². The summed E-state index contributed by atoms with van der Waals surface area (Å²) in [6.45, 7) is 7.46. The molecule has 0 bridgehead atoms. The average Bonchev–Trinajstić information content (AvgIpc) is 2.96. The molecule has 108 valence electrons. The van der Waals surface area contributed by atoms with Crippen LogP contribution in [0.1, 0.15) is 37.5 Å². The van der Waals surface area contributed by atoms with Crippen molar-refractivity contribution in [1.82, 2.24) is 4.90 Å². The maximum Gasteiger partial charge on any atom is 0.117 e. The van der Waals surface area contributed by atoms with Gasteiger partial charge in [-0.25, -0.2) is 0 Å². The van der Waals surface area contributed by atoms with E-state index < -0.39 is 0 Å². The lowest BCUT2D eigenvalue weighted by atomic mass is 9.97. The predicted octanol–water partition coefficient (Wildman–Crippen LogP) is 3.88. The minimum atomic E-state index is 0.543. The van der Waals surface area contributed by atoms with Crippen molar-refractivity contribution < 1.29 is 4.42 Å². The van der Waals surface area contributed by atoms with Gasteiger partial charge in [-0.1, -0.05) is 26.0 Å². The summed E-state index contributed by atoms with van der Waals surface area (Å²) in [7, 11) is 0. The second kappa shape index (κ2) is 7.15. The molecule has 2 N–H and O–H groups in total. The van der Waals surface area contributed by atoms with Gasteiger partial charge in [-0.3, -0.25) is 4.90 Å². The molecule has 1 heterocycles. The molecule has 0 radical (unpaired) electrons. The molecule has 1 aromatic heterocycles. The number of furan rings is 1. The van der Waals surface area contributed by atoms with Gasteiger partial charge in [0.25, 0.3) is 0 Å². The van der Waals surface area contributed by atoms with Crippen molar-refractivity contribution in [2.24, 2.45) is 0 Å². The number of nitrogens with two attached hydrogens (primary N) is 1. The Morgan fingerprint density at radius 2 is 1.95 bits per heavy atom. The van der Waals surface area contributed by atoms with Crippen LogP contribution >= 0.6 is 0 Å². The van der Waals surface area contributed by atoms with Gasteiger partial charge in [0, 0.05) is 5.69 Å². The fourth-order valence-electron chi connectivity index (χ4n) is 2.34. The zero-order valence-corrected chi connectivity index (χ0v) is 12.4. The van der Waals surface area contributed by atoms with Crippen LogP contribution in [-0.2, 0) is 6.54 Å². The van der Waals surface area contributed by atoms with Crippen LogP contribution in [0, 0.1) is 0 Å². The van der Waals surface area contributed by atoms with Crippen molar-refractivity contribution >= 4 is 5.69 Å². The van der Waals surface area contributed by atoms with Gasteiger partial charge < -0.3 is 10.2 Å². The molecule has 0 aliphatic carbocycles. The summed E-state index contributed by atoms with van der Waals surface area (Å²) < 4.78 is 5.41. The smallest absolute Gasteiger partial charge is 0.117 e. The molecule has 0 aliphatic heterocycles. The van der Waals surface area contributed by atoms with Gasteiger partial charge >= 0.3 is 0 Å². The maximum atomic E-state index is 5.73. The lowest BCUT2D eigenvalue weighted by molar-refractivity contribution is 0.248. The number of hydrogen-bond acceptors (Lipinski definition) is 3. The summed E-state index contributed by atoms with van der Waals surface area (Å²) in [5, 5.41) is 0. The summed E-state index contributed by atoms with van der Waals surface area (Å²) in [5.41, 5.74) is 7.91. The lowest BCUT2D eigenvalue weighted by Gasteiger charge is -2.21. The van der Waals surface area contributed by atoms with Crippen LogP contribution in [0.5, 0.6) is 0 Å². The summed E-state index contributed by atoms with van der Waals surface area (Å²) >= 11 is 0. The first kappa shape index (κ1) is 14.7. The highest BCUT2D eigenvalue weighted by molar-refractivity contribution is 5.40. The topological polar surface area (TPSA) is 42.4 Å². The minimum absolute atomic E-state index is 0.543. The number of anilines is 1. The van der Waals surface area contributed by atoms with Crippen molar-refractivity contribution in [2.45, 2.75) is 32.7 Å². The zero-order chi connectivity index (χ0) is 14.4. The molecular formula is C17H24N2O. The number of hydrogen-bond donors (Lipinski definition) is 1. The Kier molecular flexibility index (Phi) is 5.24. The molecule has 0 saturated carbocycles. The molecule has 0 amide bonds. The van der Waals surface area contributed by atoms with Crippen LogP contribution < -0.4 is 5.73 Å². The summed E-state index contributed by atoms with van der Waals surface area (Å²) in [6, 6.07) is 12.2. The van der Waals surface area contributed by atoms with E-state index in [0.717, 1.165) is 37.5 Å². The van der Waals surface area contributed by atoms with Crippen molar-refractivity contribution in [2.75, 3.05) is 18.8 Å². The molecule has 2 rings (SSSR count). The van der Waals surface area contributed by atoms with Crippen LogP contribution in [0.15, 0.2) is 47.1 Å². The van der Waals surface area contributed by atoms with Gasteiger partial charge in [-0.15, -0.1) is 0 Å². The molecule has 0 fully saturated rings. The van der Waals surface area contributed by atoms with Crippen LogP contribution in [0.4, 0.5) is 5.69 Å². The molecule has 20 heavy (non-hydrogen) atoms. The predicted molar refractivity (Wildman–Crippen MR) is 83.5 cm³/mol. The van der Waals surface area contributed by atoms with Crippen LogP contribution in [0.2, 0.25) is 0 Å². The molecule has 1 atom stereocenters. The molecule has 1 unspecified atom stereocenters. The highest BCUT2D eigenvalue weighted by Gasteiger charge is 2.10. The molecule has 1 aromatic carbocycles.